The molecule has 0 saturated carbocycles. The molecular formula is C28H22N4O2S. The fraction of sp³-hybridized carbons (Fsp3) is 0.0714. The van der Waals surface area contributed by atoms with Crippen LogP contribution in [0.25, 0.3) is 22.7 Å². The van der Waals surface area contributed by atoms with E-state index in [0.717, 1.165) is 27.9 Å². The number of anilines is 1. The van der Waals surface area contributed by atoms with E-state index in [2.05, 4.69) is 20.6 Å². The molecular weight excluding hydrogens is 456 g/mol. The van der Waals surface area contributed by atoms with Gasteiger partial charge in [-0.3, -0.25) is 4.79 Å². The van der Waals surface area contributed by atoms with Gasteiger partial charge in [0.15, 0.2) is 16.3 Å². The van der Waals surface area contributed by atoms with Crippen LogP contribution in [0.2, 0.25) is 0 Å². The Morgan fingerprint density at radius 3 is 2.23 bits per heavy atom. The normalized spacial score (nSPS) is 10.9. The Kier molecular flexibility index (Phi) is 6.32. The Labute approximate surface area is 208 Å². The van der Waals surface area contributed by atoms with Gasteiger partial charge in [-0.15, -0.1) is 0 Å². The molecule has 5 aromatic rings. The van der Waals surface area contributed by atoms with E-state index in [4.69, 9.17) is 16.6 Å². The number of hydrogen-bond donors (Lipinski definition) is 2. The molecule has 0 radical (unpaired) electrons. The predicted octanol–water partition coefficient (Wildman–Crippen LogP) is 5.84. The van der Waals surface area contributed by atoms with Gasteiger partial charge in [0.25, 0.3) is 0 Å². The summed E-state index contributed by atoms with van der Waals surface area (Å²) in [5, 5.41) is 6.23. The molecule has 3 aromatic carbocycles. The third kappa shape index (κ3) is 4.95. The number of hydrogen-bond acceptors (Lipinski definition) is 5. The maximum absolute atomic E-state index is 13.3. The number of pyridine rings is 1. The highest BCUT2D eigenvalue weighted by Gasteiger charge is 2.23. The number of aryl methyl sites for hydroxylation is 1. The average Bonchev–Trinajstić information content (AvgIpc) is 3.31. The maximum Gasteiger partial charge on any atom is 0.238 e. The first-order valence-electron chi connectivity index (χ1n) is 11.1. The smallest absolute Gasteiger partial charge is 0.238 e. The first-order chi connectivity index (χ1) is 17.1. The van der Waals surface area contributed by atoms with Crippen LogP contribution in [-0.4, -0.2) is 21.0 Å². The van der Waals surface area contributed by atoms with Crippen LogP contribution in [-0.2, 0) is 4.79 Å². The summed E-state index contributed by atoms with van der Waals surface area (Å²) >= 11 is 5.48. The van der Waals surface area contributed by atoms with Crippen molar-refractivity contribution >= 4 is 40.2 Å². The highest BCUT2D eigenvalue weighted by molar-refractivity contribution is 7.80. The van der Waals surface area contributed by atoms with Gasteiger partial charge in [0.1, 0.15) is 0 Å². The van der Waals surface area contributed by atoms with E-state index in [9.17, 15) is 4.79 Å². The predicted molar refractivity (Wildman–Crippen MR) is 141 cm³/mol. The van der Waals surface area contributed by atoms with Gasteiger partial charge in [-0.05, 0) is 66.2 Å². The van der Waals surface area contributed by atoms with Crippen LogP contribution in [0.3, 0.4) is 0 Å². The van der Waals surface area contributed by atoms with E-state index in [1.165, 1.54) is 0 Å². The second-order valence-corrected chi connectivity index (χ2v) is 8.48. The second kappa shape index (κ2) is 9.87. The van der Waals surface area contributed by atoms with Gasteiger partial charge in [0.2, 0.25) is 11.8 Å². The number of nitrogens with one attached hydrogen (secondary N) is 2. The number of carbonyl (C=O) groups excluding carboxylic acids is 1. The van der Waals surface area contributed by atoms with Gasteiger partial charge in [-0.2, -0.15) is 4.98 Å². The number of benzene rings is 3. The first kappa shape index (κ1) is 22.4. The number of amides is 1. The van der Waals surface area contributed by atoms with Crippen molar-refractivity contribution in [3.05, 3.63) is 114 Å². The van der Waals surface area contributed by atoms with E-state index in [-0.39, 0.29) is 11.0 Å². The average molecular weight is 479 g/mol. The fourth-order valence-electron chi connectivity index (χ4n) is 3.95. The Bertz CT molecular complexity index is 1430. The summed E-state index contributed by atoms with van der Waals surface area (Å²) in [4.78, 5) is 22.0. The van der Waals surface area contributed by atoms with Crippen LogP contribution in [0.1, 0.15) is 22.6 Å². The molecule has 0 aliphatic heterocycles. The molecule has 2 N–H and O–H groups in total. The first-order valence-corrected chi connectivity index (χ1v) is 11.5. The number of oxazole rings is 1. The van der Waals surface area contributed by atoms with Gasteiger partial charge in [0.05, 0.1) is 5.92 Å². The van der Waals surface area contributed by atoms with Crippen LogP contribution < -0.4 is 10.6 Å². The van der Waals surface area contributed by atoms with Gasteiger partial charge >= 0.3 is 0 Å². The topological polar surface area (TPSA) is 80.1 Å². The minimum Gasteiger partial charge on any atom is -0.434 e. The number of rotatable bonds is 5. The zero-order valence-corrected chi connectivity index (χ0v) is 19.8. The Morgan fingerprint density at radius 2 is 1.60 bits per heavy atom. The van der Waals surface area contributed by atoms with Gasteiger partial charge < -0.3 is 15.1 Å². The van der Waals surface area contributed by atoms with Crippen molar-refractivity contribution in [3.63, 3.8) is 0 Å². The minimum absolute atomic E-state index is 0.201. The molecule has 2 heterocycles. The summed E-state index contributed by atoms with van der Waals surface area (Å²) in [6, 6.07) is 28.7. The van der Waals surface area contributed by atoms with Crippen molar-refractivity contribution in [2.75, 3.05) is 5.32 Å². The van der Waals surface area contributed by atoms with E-state index >= 15 is 0 Å². The quantitative estimate of drug-likeness (QED) is 0.309. The van der Waals surface area contributed by atoms with Crippen molar-refractivity contribution in [1.29, 1.82) is 0 Å². The molecule has 0 fully saturated rings. The molecule has 5 rings (SSSR count). The largest absolute Gasteiger partial charge is 0.434 e. The lowest BCUT2D eigenvalue weighted by molar-refractivity contribution is -0.120. The van der Waals surface area contributed by atoms with Crippen molar-refractivity contribution in [2.24, 2.45) is 0 Å². The molecule has 2 aromatic heterocycles. The van der Waals surface area contributed by atoms with Crippen molar-refractivity contribution in [3.8, 4) is 11.5 Å². The standard InChI is InChI=1S/C28H22N4O2S/c1-18-17-21(27-31-25-23(34-27)13-8-16-29-25)14-15-22(18)30-28(35)32-26(33)24(19-9-4-2-5-10-19)20-11-6-3-7-12-20/h2-17,24H,1H3,(H2,30,32,33,35). The second-order valence-electron chi connectivity index (χ2n) is 8.07. The summed E-state index contributed by atoms with van der Waals surface area (Å²) in [7, 11) is 0. The number of fused-ring (bicyclic) bond motifs is 1. The van der Waals surface area contributed by atoms with E-state index in [0.29, 0.717) is 17.1 Å². The summed E-state index contributed by atoms with van der Waals surface area (Å²) in [6.07, 6.45) is 1.68. The van der Waals surface area contributed by atoms with Crippen LogP contribution >= 0.6 is 12.2 Å². The van der Waals surface area contributed by atoms with Crippen LogP contribution in [0, 0.1) is 6.92 Å². The molecule has 0 atom stereocenters. The summed E-state index contributed by atoms with van der Waals surface area (Å²) < 4.78 is 5.82. The number of carbonyl (C=O) groups is 1. The van der Waals surface area contributed by atoms with E-state index < -0.39 is 5.92 Å². The van der Waals surface area contributed by atoms with E-state index in [1.54, 1.807) is 6.20 Å². The Hall–Kier alpha value is -4.36. The van der Waals surface area contributed by atoms with Gasteiger partial charge in [-0.25, -0.2) is 4.98 Å². The monoisotopic (exact) mass is 478 g/mol. The lowest BCUT2D eigenvalue weighted by atomic mass is 9.90. The Balaban J connectivity index is 1.32. The highest BCUT2D eigenvalue weighted by Crippen LogP contribution is 2.27. The van der Waals surface area contributed by atoms with Crippen molar-refractivity contribution in [2.45, 2.75) is 12.8 Å². The third-order valence-corrected chi connectivity index (χ3v) is 5.86. The lowest BCUT2D eigenvalue weighted by Gasteiger charge is -2.19. The minimum atomic E-state index is -0.478. The SMILES string of the molecule is Cc1cc(-c2nc3ncccc3o2)ccc1NC(=S)NC(=O)C(c1ccccc1)c1ccccc1. The molecule has 172 valence electrons. The number of aromatic nitrogens is 2. The van der Waals surface area contributed by atoms with Crippen LogP contribution in [0.4, 0.5) is 5.69 Å². The molecule has 0 bridgehead atoms. The molecule has 0 aliphatic carbocycles. The molecule has 6 nitrogen and oxygen atoms in total. The molecule has 0 unspecified atom stereocenters. The van der Waals surface area contributed by atoms with Crippen molar-refractivity contribution < 1.29 is 9.21 Å². The molecule has 0 spiro atoms. The summed E-state index contributed by atoms with van der Waals surface area (Å²) in [6.45, 7) is 1.95. The summed E-state index contributed by atoms with van der Waals surface area (Å²) in [5.74, 6) is -0.181. The molecule has 35 heavy (non-hydrogen) atoms. The maximum atomic E-state index is 13.3. The van der Waals surface area contributed by atoms with Crippen LogP contribution in [0.5, 0.6) is 0 Å². The molecule has 1 amide bonds. The zero-order chi connectivity index (χ0) is 24.2. The highest BCUT2D eigenvalue weighted by atomic mass is 32.1. The summed E-state index contributed by atoms with van der Waals surface area (Å²) in [5.41, 5.74) is 5.53. The molecule has 7 heteroatoms. The lowest BCUT2D eigenvalue weighted by Crippen LogP contribution is -2.38. The number of thiocarbonyl (C=S) groups is 1. The molecule has 0 aliphatic rings. The van der Waals surface area contributed by atoms with E-state index in [1.807, 2.05) is 97.9 Å². The van der Waals surface area contributed by atoms with Crippen molar-refractivity contribution in [1.82, 2.24) is 15.3 Å². The molecule has 0 saturated heterocycles. The van der Waals surface area contributed by atoms with Crippen LogP contribution in [0.15, 0.2) is 102 Å². The Morgan fingerprint density at radius 1 is 0.914 bits per heavy atom. The number of nitrogens with zero attached hydrogens (tertiary/aromatic N) is 2. The fourth-order valence-corrected chi connectivity index (χ4v) is 4.16. The van der Waals surface area contributed by atoms with Gasteiger partial charge in [-0.1, -0.05) is 60.7 Å². The zero-order valence-electron chi connectivity index (χ0n) is 18.9. The third-order valence-electron chi connectivity index (χ3n) is 5.65. The van der Waals surface area contributed by atoms with Gasteiger partial charge in [0, 0.05) is 17.4 Å².